The zero-order valence-electron chi connectivity index (χ0n) is 23.7. The molecule has 0 fully saturated rings. The second kappa shape index (κ2) is 10.6. The molecule has 1 heteroatoms. The topological polar surface area (TPSA) is 3.24 Å². The van der Waals surface area contributed by atoms with Crippen LogP contribution in [0.4, 0.5) is 17.1 Å². The fourth-order valence-corrected chi connectivity index (χ4v) is 6.23. The van der Waals surface area contributed by atoms with Crippen molar-refractivity contribution >= 4 is 49.4 Å². The number of anilines is 3. The van der Waals surface area contributed by atoms with Crippen molar-refractivity contribution < 1.29 is 0 Å². The fraction of sp³-hybridized carbons (Fsp3) is 0. The van der Waals surface area contributed by atoms with E-state index in [0.29, 0.717) is 0 Å². The Balaban J connectivity index is 1.14. The van der Waals surface area contributed by atoms with Crippen LogP contribution in [0.3, 0.4) is 0 Å². The quantitative estimate of drug-likeness (QED) is 0.194. The molecule has 0 bridgehead atoms. The predicted molar refractivity (Wildman–Crippen MR) is 185 cm³/mol. The molecule has 0 aliphatic rings. The van der Waals surface area contributed by atoms with E-state index in [1.807, 2.05) is 0 Å². The van der Waals surface area contributed by atoms with Crippen molar-refractivity contribution in [3.05, 3.63) is 176 Å². The summed E-state index contributed by atoms with van der Waals surface area (Å²) in [5.41, 5.74) is 8.37. The highest BCUT2D eigenvalue weighted by molar-refractivity contribution is 6.03. The molecule has 202 valence electrons. The molecular formula is C42H29N. The van der Waals surface area contributed by atoms with E-state index >= 15 is 0 Å². The Hall–Kier alpha value is -5.66. The standard InChI is InChI=1S/C42H29N/c1-3-12-38(13-4-1)43(39-14-5-2-6-15-39)40-24-22-30(23-25-40)32-18-19-33-28-37-29-35(21-20-34(37)27-36(33)26-32)42-17-9-11-31-10-7-8-16-41(31)42/h1-29H. The minimum atomic E-state index is 1.13. The van der Waals surface area contributed by atoms with E-state index < -0.39 is 0 Å². The van der Waals surface area contributed by atoms with E-state index in [4.69, 9.17) is 0 Å². The third-order valence-corrected chi connectivity index (χ3v) is 8.38. The normalized spacial score (nSPS) is 11.3. The maximum Gasteiger partial charge on any atom is 0.0462 e. The van der Waals surface area contributed by atoms with Crippen LogP contribution in [0.5, 0.6) is 0 Å². The first-order chi connectivity index (χ1) is 21.3. The summed E-state index contributed by atoms with van der Waals surface area (Å²) < 4.78 is 0. The zero-order valence-corrected chi connectivity index (χ0v) is 23.7. The number of hydrogen-bond donors (Lipinski definition) is 0. The van der Waals surface area contributed by atoms with E-state index in [1.165, 1.54) is 54.6 Å². The summed E-state index contributed by atoms with van der Waals surface area (Å²) in [4.78, 5) is 2.29. The van der Waals surface area contributed by atoms with Gasteiger partial charge in [-0.15, -0.1) is 0 Å². The summed E-state index contributed by atoms with van der Waals surface area (Å²) in [6.07, 6.45) is 0. The molecule has 43 heavy (non-hydrogen) atoms. The first kappa shape index (κ1) is 25.1. The first-order valence-corrected chi connectivity index (χ1v) is 14.8. The molecule has 1 nitrogen and oxygen atoms in total. The van der Waals surface area contributed by atoms with Crippen molar-refractivity contribution in [1.29, 1.82) is 0 Å². The van der Waals surface area contributed by atoms with E-state index in [1.54, 1.807) is 0 Å². The largest absolute Gasteiger partial charge is 0.311 e. The van der Waals surface area contributed by atoms with Crippen LogP contribution < -0.4 is 4.90 Å². The third kappa shape index (κ3) is 4.71. The van der Waals surface area contributed by atoms with Crippen molar-refractivity contribution in [1.82, 2.24) is 0 Å². The molecule has 8 rings (SSSR count). The highest BCUT2D eigenvalue weighted by atomic mass is 15.1. The SMILES string of the molecule is c1ccc(N(c2ccccc2)c2ccc(-c3ccc4cc5cc(-c6cccc7ccccc67)ccc5cc4c3)cc2)cc1. The summed E-state index contributed by atoms with van der Waals surface area (Å²) >= 11 is 0. The summed E-state index contributed by atoms with van der Waals surface area (Å²) in [6, 6.07) is 63.4. The van der Waals surface area contributed by atoms with Gasteiger partial charge in [-0.2, -0.15) is 0 Å². The molecule has 0 N–H and O–H groups in total. The molecule has 8 aromatic rings. The van der Waals surface area contributed by atoms with Crippen molar-refractivity contribution in [2.45, 2.75) is 0 Å². The summed E-state index contributed by atoms with van der Waals surface area (Å²) in [6.45, 7) is 0. The smallest absolute Gasteiger partial charge is 0.0462 e. The third-order valence-electron chi connectivity index (χ3n) is 8.38. The van der Waals surface area contributed by atoms with Gasteiger partial charge in [0.1, 0.15) is 0 Å². The van der Waals surface area contributed by atoms with Crippen molar-refractivity contribution in [2.75, 3.05) is 4.90 Å². The molecule has 0 aromatic heterocycles. The van der Waals surface area contributed by atoms with Gasteiger partial charge in [-0.1, -0.05) is 115 Å². The lowest BCUT2D eigenvalue weighted by atomic mass is 9.94. The van der Waals surface area contributed by atoms with E-state index in [2.05, 4.69) is 181 Å². The highest BCUT2D eigenvalue weighted by Gasteiger charge is 2.12. The molecular weight excluding hydrogens is 518 g/mol. The Kier molecular flexibility index (Phi) is 6.20. The number of para-hydroxylation sites is 2. The molecule has 8 aromatic carbocycles. The van der Waals surface area contributed by atoms with Gasteiger partial charge in [0.05, 0.1) is 0 Å². The van der Waals surface area contributed by atoms with Gasteiger partial charge in [0, 0.05) is 17.1 Å². The number of nitrogens with zero attached hydrogens (tertiary/aromatic N) is 1. The predicted octanol–water partition coefficient (Wildman–Crippen LogP) is 11.9. The Morgan fingerprint density at radius 1 is 0.279 bits per heavy atom. The van der Waals surface area contributed by atoms with E-state index in [0.717, 1.165) is 17.1 Å². The maximum atomic E-state index is 2.33. The number of rotatable bonds is 5. The van der Waals surface area contributed by atoms with Gasteiger partial charge >= 0.3 is 0 Å². The molecule has 0 aliphatic carbocycles. The van der Waals surface area contributed by atoms with Crippen LogP contribution in [-0.2, 0) is 0 Å². The summed E-state index contributed by atoms with van der Waals surface area (Å²) in [5, 5.41) is 7.58. The number of benzene rings is 8. The van der Waals surface area contributed by atoms with Gasteiger partial charge in [-0.25, -0.2) is 0 Å². The van der Waals surface area contributed by atoms with E-state index in [9.17, 15) is 0 Å². The van der Waals surface area contributed by atoms with Gasteiger partial charge in [-0.3, -0.25) is 0 Å². The monoisotopic (exact) mass is 547 g/mol. The molecule has 0 saturated heterocycles. The second-order valence-electron chi connectivity index (χ2n) is 11.1. The average Bonchev–Trinajstić information content (AvgIpc) is 3.08. The zero-order chi connectivity index (χ0) is 28.6. The van der Waals surface area contributed by atoms with Crippen LogP contribution >= 0.6 is 0 Å². The van der Waals surface area contributed by atoms with Crippen LogP contribution in [0, 0.1) is 0 Å². The first-order valence-electron chi connectivity index (χ1n) is 14.8. The van der Waals surface area contributed by atoms with Crippen LogP contribution in [-0.4, -0.2) is 0 Å². The molecule has 0 amide bonds. The summed E-state index contributed by atoms with van der Waals surface area (Å²) in [5.74, 6) is 0. The molecule has 0 aliphatic heterocycles. The Morgan fingerprint density at radius 2 is 0.791 bits per heavy atom. The van der Waals surface area contributed by atoms with Crippen molar-refractivity contribution in [3.8, 4) is 22.3 Å². The lowest BCUT2D eigenvalue weighted by Gasteiger charge is -2.25. The van der Waals surface area contributed by atoms with Gasteiger partial charge in [0.25, 0.3) is 0 Å². The minimum Gasteiger partial charge on any atom is -0.311 e. The number of fused-ring (bicyclic) bond motifs is 3. The Morgan fingerprint density at radius 3 is 1.47 bits per heavy atom. The molecule has 0 atom stereocenters. The molecule has 0 heterocycles. The van der Waals surface area contributed by atoms with Crippen LogP contribution in [0.1, 0.15) is 0 Å². The molecule has 0 saturated carbocycles. The van der Waals surface area contributed by atoms with Gasteiger partial charge in [0.2, 0.25) is 0 Å². The summed E-state index contributed by atoms with van der Waals surface area (Å²) in [7, 11) is 0. The molecule has 0 spiro atoms. The minimum absolute atomic E-state index is 1.13. The molecule has 0 radical (unpaired) electrons. The molecule has 0 unspecified atom stereocenters. The fourth-order valence-electron chi connectivity index (χ4n) is 6.23. The van der Waals surface area contributed by atoms with Crippen molar-refractivity contribution in [3.63, 3.8) is 0 Å². The van der Waals surface area contributed by atoms with E-state index in [-0.39, 0.29) is 0 Å². The van der Waals surface area contributed by atoms with Gasteiger partial charge in [0.15, 0.2) is 0 Å². The average molecular weight is 548 g/mol. The lowest BCUT2D eigenvalue weighted by molar-refractivity contribution is 1.28. The highest BCUT2D eigenvalue weighted by Crippen LogP contribution is 2.37. The maximum absolute atomic E-state index is 2.33. The van der Waals surface area contributed by atoms with Crippen LogP contribution in [0.15, 0.2) is 176 Å². The van der Waals surface area contributed by atoms with Gasteiger partial charge in [-0.05, 0) is 115 Å². The van der Waals surface area contributed by atoms with Crippen LogP contribution in [0.2, 0.25) is 0 Å². The lowest BCUT2D eigenvalue weighted by Crippen LogP contribution is -2.09. The van der Waals surface area contributed by atoms with Crippen molar-refractivity contribution in [2.24, 2.45) is 0 Å². The number of hydrogen-bond acceptors (Lipinski definition) is 1. The Bertz CT molecular complexity index is 2170. The van der Waals surface area contributed by atoms with Crippen LogP contribution in [0.25, 0.3) is 54.6 Å². The second-order valence-corrected chi connectivity index (χ2v) is 11.1. The Labute approximate surface area is 251 Å². The van der Waals surface area contributed by atoms with Gasteiger partial charge < -0.3 is 4.90 Å².